The Bertz CT molecular complexity index is 1280. The molecule has 29 heavy (non-hydrogen) atoms. The molecule has 1 N–H and O–H groups in total. The normalized spacial score (nSPS) is 12.5. The van der Waals surface area contributed by atoms with E-state index in [1.54, 1.807) is 0 Å². The van der Waals surface area contributed by atoms with Crippen LogP contribution in [0.2, 0.25) is 0 Å². The molecule has 0 saturated heterocycles. The summed E-state index contributed by atoms with van der Waals surface area (Å²) in [5, 5.41) is 14.1. The first-order valence-electron chi connectivity index (χ1n) is 9.56. The van der Waals surface area contributed by atoms with Gasteiger partial charge in [-0.15, -0.1) is 11.3 Å². The number of amides is 1. The molecule has 5 heteroatoms. The topological polar surface area (TPSA) is 65.8 Å². The molecule has 0 radical (unpaired) electrons. The predicted octanol–water partition coefficient (Wildman–Crippen LogP) is 5.58. The van der Waals surface area contributed by atoms with Gasteiger partial charge in [-0.05, 0) is 37.0 Å². The molecular formula is C24H17N3OS. The van der Waals surface area contributed by atoms with Crippen LogP contribution < -0.4 is 5.32 Å². The molecule has 2 aromatic heterocycles. The minimum absolute atomic E-state index is 0.211. The first-order chi connectivity index (χ1) is 14.2. The van der Waals surface area contributed by atoms with Gasteiger partial charge in [0.2, 0.25) is 0 Å². The van der Waals surface area contributed by atoms with Gasteiger partial charge in [0.25, 0.3) is 5.91 Å². The molecule has 4 aromatic rings. The summed E-state index contributed by atoms with van der Waals surface area (Å²) in [6, 6.07) is 21.6. The molecule has 140 valence electrons. The second kappa shape index (κ2) is 7.16. The zero-order chi connectivity index (χ0) is 19.8. The maximum atomic E-state index is 13.3. The lowest BCUT2D eigenvalue weighted by Gasteiger charge is -2.10. The van der Waals surface area contributed by atoms with E-state index in [0.717, 1.165) is 47.0 Å². The van der Waals surface area contributed by atoms with Gasteiger partial charge in [-0.3, -0.25) is 4.79 Å². The molecule has 2 heterocycles. The first-order valence-corrected chi connectivity index (χ1v) is 10.4. The third-order valence-electron chi connectivity index (χ3n) is 5.29. The molecule has 0 fully saturated rings. The van der Waals surface area contributed by atoms with Crippen molar-refractivity contribution in [1.82, 2.24) is 4.98 Å². The molecule has 0 saturated carbocycles. The molecule has 5 rings (SSSR count). The number of nitrogens with one attached hydrogen (secondary N) is 1. The number of pyridine rings is 1. The quantitative estimate of drug-likeness (QED) is 0.493. The Morgan fingerprint density at radius 1 is 1.07 bits per heavy atom. The molecular weight excluding hydrogens is 378 g/mol. The highest BCUT2D eigenvalue weighted by Gasteiger charge is 2.24. The number of benzene rings is 2. The van der Waals surface area contributed by atoms with Crippen LogP contribution in [-0.2, 0) is 12.8 Å². The standard InChI is InChI=1S/C24H17N3OS/c25-14-19-17-10-6-12-22(17)29-24(19)27-23(28)18-13-21(15-7-2-1-3-8-15)26-20-11-5-4-9-16(18)20/h1-5,7-9,11,13H,6,10,12H2,(H,27,28). The highest BCUT2D eigenvalue weighted by Crippen LogP contribution is 2.39. The summed E-state index contributed by atoms with van der Waals surface area (Å²) in [7, 11) is 0. The zero-order valence-electron chi connectivity index (χ0n) is 15.6. The van der Waals surface area contributed by atoms with Gasteiger partial charge in [-0.2, -0.15) is 5.26 Å². The largest absolute Gasteiger partial charge is 0.312 e. The molecule has 0 unspecified atom stereocenters. The molecule has 0 bridgehead atoms. The van der Waals surface area contributed by atoms with E-state index in [-0.39, 0.29) is 5.91 Å². The van der Waals surface area contributed by atoms with Crippen molar-refractivity contribution in [3.8, 4) is 17.3 Å². The fraction of sp³-hybridized carbons (Fsp3) is 0.125. The monoisotopic (exact) mass is 395 g/mol. The number of carbonyl (C=O) groups excluding carboxylic acids is 1. The summed E-state index contributed by atoms with van der Waals surface area (Å²) in [6.45, 7) is 0. The van der Waals surface area contributed by atoms with Crippen molar-refractivity contribution in [1.29, 1.82) is 5.26 Å². The second-order valence-corrected chi connectivity index (χ2v) is 8.17. The number of nitrogens with zero attached hydrogens (tertiary/aromatic N) is 2. The minimum atomic E-state index is -0.211. The summed E-state index contributed by atoms with van der Waals surface area (Å²) < 4.78 is 0. The van der Waals surface area contributed by atoms with E-state index in [9.17, 15) is 10.1 Å². The number of carbonyl (C=O) groups is 1. The Balaban J connectivity index is 1.59. The smallest absolute Gasteiger partial charge is 0.257 e. The van der Waals surface area contributed by atoms with Crippen molar-refractivity contribution < 1.29 is 4.79 Å². The van der Waals surface area contributed by atoms with Crippen LogP contribution in [0.1, 0.15) is 32.8 Å². The van der Waals surface area contributed by atoms with Gasteiger partial charge in [-0.1, -0.05) is 48.5 Å². The number of thiophene rings is 1. The van der Waals surface area contributed by atoms with Gasteiger partial charge in [-0.25, -0.2) is 4.98 Å². The number of aromatic nitrogens is 1. The predicted molar refractivity (Wildman–Crippen MR) is 116 cm³/mol. The maximum Gasteiger partial charge on any atom is 0.257 e. The lowest BCUT2D eigenvalue weighted by Crippen LogP contribution is -2.13. The van der Waals surface area contributed by atoms with Crippen LogP contribution in [0.15, 0.2) is 60.7 Å². The van der Waals surface area contributed by atoms with E-state index < -0.39 is 0 Å². The van der Waals surface area contributed by atoms with Crippen molar-refractivity contribution in [2.75, 3.05) is 5.32 Å². The van der Waals surface area contributed by atoms with Crippen LogP contribution in [0, 0.1) is 11.3 Å². The number of rotatable bonds is 3. The van der Waals surface area contributed by atoms with Gasteiger partial charge < -0.3 is 5.32 Å². The Kier molecular flexibility index (Phi) is 4.34. The van der Waals surface area contributed by atoms with E-state index >= 15 is 0 Å². The van der Waals surface area contributed by atoms with Crippen LogP contribution in [0.4, 0.5) is 5.00 Å². The van der Waals surface area contributed by atoms with Crippen LogP contribution in [0.3, 0.4) is 0 Å². The molecule has 0 aliphatic heterocycles. The van der Waals surface area contributed by atoms with E-state index in [1.807, 2.05) is 60.7 Å². The molecule has 1 aliphatic rings. The number of para-hydroxylation sites is 1. The highest BCUT2D eigenvalue weighted by molar-refractivity contribution is 7.16. The van der Waals surface area contributed by atoms with Crippen molar-refractivity contribution in [2.24, 2.45) is 0 Å². The lowest BCUT2D eigenvalue weighted by molar-refractivity contribution is 0.102. The van der Waals surface area contributed by atoms with Crippen molar-refractivity contribution in [3.63, 3.8) is 0 Å². The number of hydrogen-bond donors (Lipinski definition) is 1. The molecule has 4 nitrogen and oxygen atoms in total. The third kappa shape index (κ3) is 3.08. The Hall–Kier alpha value is -3.49. The average molecular weight is 395 g/mol. The maximum absolute atomic E-state index is 13.3. The number of aryl methyl sites for hydroxylation is 1. The number of nitriles is 1. The van der Waals surface area contributed by atoms with Gasteiger partial charge >= 0.3 is 0 Å². The number of fused-ring (bicyclic) bond motifs is 2. The highest BCUT2D eigenvalue weighted by atomic mass is 32.1. The van der Waals surface area contributed by atoms with Gasteiger partial charge in [0, 0.05) is 15.8 Å². The Morgan fingerprint density at radius 3 is 2.69 bits per heavy atom. The van der Waals surface area contributed by atoms with Crippen LogP contribution in [0.25, 0.3) is 22.2 Å². The zero-order valence-corrected chi connectivity index (χ0v) is 16.4. The van der Waals surface area contributed by atoms with Crippen LogP contribution in [0.5, 0.6) is 0 Å². The van der Waals surface area contributed by atoms with Crippen molar-refractivity contribution in [3.05, 3.63) is 82.2 Å². The Labute approximate surface area is 172 Å². The second-order valence-electron chi connectivity index (χ2n) is 7.07. The summed E-state index contributed by atoms with van der Waals surface area (Å²) in [5.41, 5.74) is 4.78. The summed E-state index contributed by atoms with van der Waals surface area (Å²) in [6.07, 6.45) is 2.99. The average Bonchev–Trinajstić information content (AvgIpc) is 3.34. The third-order valence-corrected chi connectivity index (χ3v) is 6.50. The first kappa shape index (κ1) is 17.6. The summed E-state index contributed by atoms with van der Waals surface area (Å²) >= 11 is 1.53. The van der Waals surface area contributed by atoms with Crippen LogP contribution in [-0.4, -0.2) is 10.9 Å². The van der Waals surface area contributed by atoms with E-state index in [2.05, 4.69) is 11.4 Å². The molecule has 0 spiro atoms. The van der Waals surface area contributed by atoms with E-state index in [4.69, 9.17) is 4.98 Å². The summed E-state index contributed by atoms with van der Waals surface area (Å²) in [5.74, 6) is -0.211. The molecule has 0 atom stereocenters. The van der Waals surface area contributed by atoms with Gasteiger partial charge in [0.05, 0.1) is 22.3 Å². The lowest BCUT2D eigenvalue weighted by atomic mass is 10.0. The van der Waals surface area contributed by atoms with Crippen LogP contribution >= 0.6 is 11.3 Å². The molecule has 1 amide bonds. The fourth-order valence-corrected chi connectivity index (χ4v) is 5.14. The SMILES string of the molecule is N#Cc1c(NC(=O)c2cc(-c3ccccc3)nc3ccccc23)sc2c1CCC2. The molecule has 2 aromatic carbocycles. The van der Waals surface area contributed by atoms with E-state index in [0.29, 0.717) is 16.1 Å². The van der Waals surface area contributed by atoms with Gasteiger partial charge in [0.15, 0.2) is 0 Å². The van der Waals surface area contributed by atoms with Crippen molar-refractivity contribution >= 4 is 33.1 Å². The number of hydrogen-bond acceptors (Lipinski definition) is 4. The fourth-order valence-electron chi connectivity index (χ4n) is 3.90. The number of anilines is 1. The van der Waals surface area contributed by atoms with Crippen molar-refractivity contribution in [2.45, 2.75) is 19.3 Å². The van der Waals surface area contributed by atoms with E-state index in [1.165, 1.54) is 16.2 Å². The van der Waals surface area contributed by atoms with Gasteiger partial charge in [0.1, 0.15) is 11.1 Å². The molecule has 1 aliphatic carbocycles. The Morgan fingerprint density at radius 2 is 1.86 bits per heavy atom. The minimum Gasteiger partial charge on any atom is -0.312 e. The summed E-state index contributed by atoms with van der Waals surface area (Å²) in [4.78, 5) is 19.2.